The Hall–Kier alpha value is -0.870. The quantitative estimate of drug-likeness (QED) is 0.861. The molecule has 20 heavy (non-hydrogen) atoms. The number of thioether (sulfide) groups is 1. The molecule has 4 heteroatoms. The van der Waals surface area contributed by atoms with Gasteiger partial charge >= 0.3 is 0 Å². The first-order valence-electron chi connectivity index (χ1n) is 7.46. The minimum Gasteiger partial charge on any atom is -0.486 e. The van der Waals surface area contributed by atoms with E-state index >= 15 is 0 Å². The molecule has 0 amide bonds. The molecule has 0 aromatic heterocycles. The Morgan fingerprint density at radius 1 is 1.20 bits per heavy atom. The van der Waals surface area contributed by atoms with Crippen LogP contribution in [0.5, 0.6) is 11.5 Å². The third-order valence-corrected chi connectivity index (χ3v) is 5.04. The minimum absolute atomic E-state index is 0.651. The summed E-state index contributed by atoms with van der Waals surface area (Å²) in [6.45, 7) is 4.57. The maximum atomic E-state index is 5.69. The van der Waals surface area contributed by atoms with Gasteiger partial charge in [-0.15, -0.1) is 11.8 Å². The zero-order valence-corrected chi connectivity index (χ0v) is 13.1. The molecule has 1 aromatic carbocycles. The van der Waals surface area contributed by atoms with E-state index in [1.54, 1.807) is 11.8 Å². The average molecular weight is 293 g/mol. The number of rotatable bonds is 4. The van der Waals surface area contributed by atoms with E-state index < -0.39 is 0 Å². The first-order chi connectivity index (χ1) is 9.76. The van der Waals surface area contributed by atoms with Crippen molar-refractivity contribution >= 4 is 11.8 Å². The zero-order valence-electron chi connectivity index (χ0n) is 12.3. The first kappa shape index (κ1) is 14.1. The Labute approximate surface area is 125 Å². The Morgan fingerprint density at radius 2 is 1.95 bits per heavy atom. The monoisotopic (exact) mass is 293 g/mol. The van der Waals surface area contributed by atoms with Gasteiger partial charge in [0.15, 0.2) is 11.5 Å². The predicted octanol–water partition coefficient (Wildman–Crippen LogP) is 3.46. The van der Waals surface area contributed by atoms with Gasteiger partial charge in [-0.3, -0.25) is 0 Å². The molecule has 1 N–H and O–H groups in total. The van der Waals surface area contributed by atoms with Crippen LogP contribution in [0.25, 0.3) is 0 Å². The number of hydrogen-bond donors (Lipinski definition) is 1. The molecule has 1 aliphatic carbocycles. The van der Waals surface area contributed by atoms with Gasteiger partial charge in [0.1, 0.15) is 13.2 Å². The topological polar surface area (TPSA) is 30.5 Å². The van der Waals surface area contributed by atoms with E-state index in [9.17, 15) is 0 Å². The molecule has 0 radical (unpaired) electrons. The molecule has 1 fully saturated rings. The molecule has 0 saturated heterocycles. The van der Waals surface area contributed by atoms with E-state index in [2.05, 4.69) is 30.6 Å². The van der Waals surface area contributed by atoms with E-state index in [4.69, 9.17) is 9.47 Å². The van der Waals surface area contributed by atoms with Gasteiger partial charge in [-0.25, -0.2) is 0 Å². The van der Waals surface area contributed by atoms with Gasteiger partial charge in [-0.05, 0) is 49.1 Å². The Morgan fingerprint density at radius 3 is 2.60 bits per heavy atom. The van der Waals surface area contributed by atoms with Crippen molar-refractivity contribution in [3.05, 3.63) is 17.7 Å². The molecule has 110 valence electrons. The largest absolute Gasteiger partial charge is 0.486 e. The molecule has 0 bridgehead atoms. The molecule has 1 aliphatic heterocycles. The SMILES string of the molecule is CSc1cc2c(cc1CNC1CCC(C)C1)OCCO2. The highest BCUT2D eigenvalue weighted by Crippen LogP contribution is 2.36. The van der Waals surface area contributed by atoms with Crippen molar-refractivity contribution < 1.29 is 9.47 Å². The van der Waals surface area contributed by atoms with Crippen LogP contribution in [0, 0.1) is 5.92 Å². The van der Waals surface area contributed by atoms with Gasteiger partial charge in [0.25, 0.3) is 0 Å². The van der Waals surface area contributed by atoms with E-state index in [1.165, 1.54) is 29.7 Å². The molecule has 2 aliphatic rings. The van der Waals surface area contributed by atoms with Gasteiger partial charge < -0.3 is 14.8 Å². The highest BCUT2D eigenvalue weighted by atomic mass is 32.2. The Bertz CT molecular complexity index is 478. The Kier molecular flexibility index (Phi) is 4.41. The second-order valence-corrected chi connectivity index (χ2v) is 6.65. The molecule has 3 nitrogen and oxygen atoms in total. The summed E-state index contributed by atoms with van der Waals surface area (Å²) >= 11 is 1.78. The van der Waals surface area contributed by atoms with E-state index in [1.807, 2.05) is 0 Å². The summed E-state index contributed by atoms with van der Waals surface area (Å²) in [5.74, 6) is 2.65. The van der Waals surface area contributed by atoms with Crippen LogP contribution < -0.4 is 14.8 Å². The third-order valence-electron chi connectivity index (χ3n) is 4.22. The molecule has 3 rings (SSSR count). The smallest absolute Gasteiger partial charge is 0.162 e. The lowest BCUT2D eigenvalue weighted by Gasteiger charge is -2.21. The van der Waals surface area contributed by atoms with Gasteiger partial charge in [-0.2, -0.15) is 0 Å². The van der Waals surface area contributed by atoms with Crippen LogP contribution >= 0.6 is 11.8 Å². The number of benzene rings is 1. The van der Waals surface area contributed by atoms with E-state index in [0.29, 0.717) is 19.3 Å². The van der Waals surface area contributed by atoms with Crippen molar-refractivity contribution in [1.29, 1.82) is 0 Å². The van der Waals surface area contributed by atoms with Crippen LogP contribution in [0.15, 0.2) is 17.0 Å². The second kappa shape index (κ2) is 6.27. The summed E-state index contributed by atoms with van der Waals surface area (Å²) in [4.78, 5) is 1.28. The van der Waals surface area contributed by atoms with E-state index in [0.717, 1.165) is 24.0 Å². The van der Waals surface area contributed by atoms with Crippen molar-refractivity contribution in [3.63, 3.8) is 0 Å². The number of hydrogen-bond acceptors (Lipinski definition) is 4. The fourth-order valence-electron chi connectivity index (χ4n) is 3.09. The normalized spacial score (nSPS) is 24.9. The molecule has 1 aromatic rings. The van der Waals surface area contributed by atoms with Crippen molar-refractivity contribution in [2.45, 2.75) is 43.7 Å². The number of nitrogens with one attached hydrogen (secondary N) is 1. The zero-order chi connectivity index (χ0) is 13.9. The maximum Gasteiger partial charge on any atom is 0.162 e. The fraction of sp³-hybridized carbons (Fsp3) is 0.625. The average Bonchev–Trinajstić information content (AvgIpc) is 2.89. The fourth-order valence-corrected chi connectivity index (χ4v) is 3.71. The standard InChI is InChI=1S/C16H23NO2S/c1-11-3-4-13(7-11)17-10-12-8-14-15(9-16(12)20-2)19-6-5-18-14/h8-9,11,13,17H,3-7,10H2,1-2H3. The lowest BCUT2D eigenvalue weighted by Crippen LogP contribution is -2.26. The predicted molar refractivity (Wildman–Crippen MR) is 82.9 cm³/mol. The lowest BCUT2D eigenvalue weighted by atomic mass is 10.1. The van der Waals surface area contributed by atoms with Crippen molar-refractivity contribution in [2.75, 3.05) is 19.5 Å². The molecule has 2 unspecified atom stereocenters. The highest BCUT2D eigenvalue weighted by molar-refractivity contribution is 7.98. The van der Waals surface area contributed by atoms with Crippen LogP contribution in [0.4, 0.5) is 0 Å². The summed E-state index contributed by atoms with van der Waals surface area (Å²) in [6.07, 6.45) is 6.08. The third kappa shape index (κ3) is 3.07. The first-order valence-corrected chi connectivity index (χ1v) is 8.68. The molecular weight excluding hydrogens is 270 g/mol. The van der Waals surface area contributed by atoms with Gasteiger partial charge in [0.2, 0.25) is 0 Å². The molecular formula is C16H23NO2S. The van der Waals surface area contributed by atoms with E-state index in [-0.39, 0.29) is 0 Å². The molecule has 0 spiro atoms. The maximum absolute atomic E-state index is 5.69. The minimum atomic E-state index is 0.651. The molecule has 1 saturated carbocycles. The van der Waals surface area contributed by atoms with Crippen LogP contribution in [0.1, 0.15) is 31.7 Å². The molecule has 1 heterocycles. The lowest BCUT2D eigenvalue weighted by molar-refractivity contribution is 0.171. The number of fused-ring (bicyclic) bond motifs is 1. The van der Waals surface area contributed by atoms with Crippen LogP contribution in [-0.2, 0) is 6.54 Å². The van der Waals surface area contributed by atoms with Crippen molar-refractivity contribution in [1.82, 2.24) is 5.32 Å². The summed E-state index contributed by atoms with van der Waals surface area (Å²) in [7, 11) is 0. The Balaban J connectivity index is 1.71. The van der Waals surface area contributed by atoms with Gasteiger partial charge in [-0.1, -0.05) is 6.92 Å². The van der Waals surface area contributed by atoms with Crippen molar-refractivity contribution in [3.8, 4) is 11.5 Å². The highest BCUT2D eigenvalue weighted by Gasteiger charge is 2.21. The van der Waals surface area contributed by atoms with Gasteiger partial charge in [0.05, 0.1) is 0 Å². The number of ether oxygens (including phenoxy) is 2. The molecule has 2 atom stereocenters. The van der Waals surface area contributed by atoms with Gasteiger partial charge in [0, 0.05) is 17.5 Å². The summed E-state index contributed by atoms with van der Waals surface area (Å²) < 4.78 is 11.3. The van der Waals surface area contributed by atoms with Crippen molar-refractivity contribution in [2.24, 2.45) is 5.92 Å². The summed E-state index contributed by atoms with van der Waals surface area (Å²) in [6, 6.07) is 4.94. The summed E-state index contributed by atoms with van der Waals surface area (Å²) in [5.41, 5.74) is 1.32. The summed E-state index contributed by atoms with van der Waals surface area (Å²) in [5, 5.41) is 3.70. The van der Waals surface area contributed by atoms with Crippen LogP contribution in [0.3, 0.4) is 0 Å². The van der Waals surface area contributed by atoms with Crippen LogP contribution in [0.2, 0.25) is 0 Å². The van der Waals surface area contributed by atoms with Crippen LogP contribution in [-0.4, -0.2) is 25.5 Å². The second-order valence-electron chi connectivity index (χ2n) is 5.80.